The molecule has 0 spiro atoms. The molecule has 1 aliphatic heterocycles. The molecule has 0 saturated carbocycles. The molecule has 1 N–H and O–H groups in total. The van der Waals surface area contributed by atoms with Crippen LogP contribution in [0.5, 0.6) is 0 Å². The molecule has 0 aromatic carbocycles. The average Bonchev–Trinajstić information content (AvgIpc) is 2.54. The highest BCUT2D eigenvalue weighted by Crippen LogP contribution is 2.25. The Morgan fingerprint density at radius 2 is 2.19 bits per heavy atom. The van der Waals surface area contributed by atoms with Gasteiger partial charge in [0.25, 0.3) is 0 Å². The summed E-state index contributed by atoms with van der Waals surface area (Å²) in [5, 5.41) is 3.65. The van der Waals surface area contributed by atoms with Crippen LogP contribution >= 0.6 is 0 Å². The Hall–Kier alpha value is -2.28. The Morgan fingerprint density at radius 1 is 1.38 bits per heavy atom. The normalized spacial score (nSPS) is 15.2. The number of nitrogens with zero attached hydrogens (tertiary/aromatic N) is 5. The van der Waals surface area contributed by atoms with Crippen LogP contribution in [0.15, 0.2) is 17.4 Å². The van der Waals surface area contributed by atoms with Crippen molar-refractivity contribution in [2.45, 2.75) is 13.3 Å². The summed E-state index contributed by atoms with van der Waals surface area (Å²) in [6.45, 7) is 8.50. The van der Waals surface area contributed by atoms with Crippen molar-refractivity contribution in [3.05, 3.63) is 17.8 Å². The van der Waals surface area contributed by atoms with Gasteiger partial charge in [0.1, 0.15) is 5.52 Å². The van der Waals surface area contributed by atoms with Gasteiger partial charge in [-0.15, -0.1) is 0 Å². The Kier molecular flexibility index (Phi) is 3.92. The van der Waals surface area contributed by atoms with Crippen molar-refractivity contribution in [2.75, 3.05) is 36.6 Å². The van der Waals surface area contributed by atoms with Gasteiger partial charge < -0.3 is 9.64 Å². The van der Waals surface area contributed by atoms with Crippen molar-refractivity contribution >= 4 is 29.5 Å². The van der Waals surface area contributed by atoms with Gasteiger partial charge in [-0.25, -0.2) is 10.4 Å². The van der Waals surface area contributed by atoms with Crippen LogP contribution < -0.4 is 10.3 Å². The van der Waals surface area contributed by atoms with E-state index in [2.05, 4.69) is 44.0 Å². The van der Waals surface area contributed by atoms with Crippen molar-refractivity contribution in [3.63, 3.8) is 0 Å². The zero-order valence-corrected chi connectivity index (χ0v) is 12.0. The molecule has 3 heterocycles. The molecule has 0 bridgehead atoms. The summed E-state index contributed by atoms with van der Waals surface area (Å²) in [7, 11) is 0. The topological polar surface area (TPSA) is 75.5 Å². The lowest BCUT2D eigenvalue weighted by atomic mass is 10.2. The Balaban J connectivity index is 2.12. The largest absolute Gasteiger partial charge is 0.378 e. The molecule has 1 fully saturated rings. The number of aromatic nitrogens is 3. The van der Waals surface area contributed by atoms with Crippen molar-refractivity contribution in [2.24, 2.45) is 5.10 Å². The van der Waals surface area contributed by atoms with Crippen LogP contribution in [0.3, 0.4) is 0 Å². The van der Waals surface area contributed by atoms with Gasteiger partial charge in [0, 0.05) is 26.0 Å². The van der Waals surface area contributed by atoms with Gasteiger partial charge in [0.05, 0.1) is 18.7 Å². The number of hydrazone groups is 1. The third-order valence-corrected chi connectivity index (χ3v) is 3.47. The number of anilines is 2. The maximum atomic E-state index is 5.40. The summed E-state index contributed by atoms with van der Waals surface area (Å²) in [5.74, 6) is 1.26. The number of hydrogen-bond donors (Lipinski definition) is 1. The van der Waals surface area contributed by atoms with Crippen molar-refractivity contribution in [3.8, 4) is 0 Å². The molecule has 0 radical (unpaired) electrons. The molecular weight excluding hydrogens is 268 g/mol. The molecule has 110 valence electrons. The lowest BCUT2D eigenvalue weighted by Crippen LogP contribution is -2.37. The van der Waals surface area contributed by atoms with Crippen molar-refractivity contribution < 1.29 is 4.74 Å². The first kappa shape index (κ1) is 13.7. The van der Waals surface area contributed by atoms with Crippen molar-refractivity contribution in [1.82, 2.24) is 15.0 Å². The predicted octanol–water partition coefficient (Wildman–Crippen LogP) is 1.45. The van der Waals surface area contributed by atoms with E-state index in [4.69, 9.17) is 4.74 Å². The summed E-state index contributed by atoms with van der Waals surface area (Å²) in [6, 6.07) is 2.04. The summed E-state index contributed by atoms with van der Waals surface area (Å²) in [5.41, 5.74) is 5.49. The highest BCUT2D eigenvalue weighted by molar-refractivity contribution is 5.87. The van der Waals surface area contributed by atoms with Crippen LogP contribution in [0.4, 0.5) is 11.8 Å². The minimum atomic E-state index is 0.439. The monoisotopic (exact) mass is 286 g/mol. The summed E-state index contributed by atoms with van der Waals surface area (Å²) in [6.07, 6.45) is 2.80. The van der Waals surface area contributed by atoms with Crippen molar-refractivity contribution in [1.29, 1.82) is 0 Å². The highest BCUT2D eigenvalue weighted by Gasteiger charge is 2.18. The number of aryl methyl sites for hydroxylation is 1. The van der Waals surface area contributed by atoms with Crippen LogP contribution in [0, 0.1) is 0 Å². The molecule has 0 amide bonds. The fourth-order valence-electron chi connectivity index (χ4n) is 2.35. The standard InChI is InChI=1S/C14H18N6O/c1-3-10-8-11-12(16-9-10)13(18-14(17-11)19-15-2)20-4-6-21-7-5-20/h8-9H,2-7H2,1H3,(H,17,18,19). The second kappa shape index (κ2) is 6.01. The first-order valence-electron chi connectivity index (χ1n) is 7.03. The lowest BCUT2D eigenvalue weighted by Gasteiger charge is -2.28. The number of ether oxygens (including phenoxy) is 1. The van der Waals surface area contributed by atoms with Crippen LogP contribution in [0.1, 0.15) is 12.5 Å². The molecule has 0 atom stereocenters. The number of fused-ring (bicyclic) bond motifs is 1. The smallest absolute Gasteiger partial charge is 0.246 e. The predicted molar refractivity (Wildman–Crippen MR) is 82.9 cm³/mol. The van der Waals surface area contributed by atoms with E-state index in [1.54, 1.807) is 0 Å². The SMILES string of the molecule is C=NNc1nc(N2CCOCC2)c2ncc(CC)cc2n1. The molecule has 1 saturated heterocycles. The molecule has 1 aliphatic rings. The fourth-order valence-corrected chi connectivity index (χ4v) is 2.35. The molecule has 3 rings (SSSR count). The first-order chi connectivity index (χ1) is 10.3. The third-order valence-electron chi connectivity index (χ3n) is 3.47. The van der Waals surface area contributed by atoms with Crippen LogP contribution in [0.2, 0.25) is 0 Å². The Morgan fingerprint density at radius 3 is 2.90 bits per heavy atom. The molecular formula is C14H18N6O. The lowest BCUT2D eigenvalue weighted by molar-refractivity contribution is 0.122. The second-order valence-electron chi connectivity index (χ2n) is 4.81. The van der Waals surface area contributed by atoms with Crippen LogP contribution in [-0.2, 0) is 11.2 Å². The van der Waals surface area contributed by atoms with Crippen LogP contribution in [0.25, 0.3) is 11.0 Å². The number of hydrogen-bond acceptors (Lipinski definition) is 7. The third kappa shape index (κ3) is 2.78. The van der Waals surface area contributed by atoms with Crippen LogP contribution in [-0.4, -0.2) is 48.0 Å². The van der Waals surface area contributed by atoms with E-state index in [0.29, 0.717) is 19.2 Å². The van der Waals surface area contributed by atoms with Gasteiger partial charge >= 0.3 is 0 Å². The minimum Gasteiger partial charge on any atom is -0.378 e. The summed E-state index contributed by atoms with van der Waals surface area (Å²) in [4.78, 5) is 15.7. The molecule has 0 unspecified atom stereocenters. The van der Waals surface area contributed by atoms with E-state index in [0.717, 1.165) is 41.9 Å². The molecule has 7 heteroatoms. The zero-order chi connectivity index (χ0) is 14.7. The Bertz CT molecular complexity index is 653. The van der Waals surface area contributed by atoms with Gasteiger partial charge in [-0.2, -0.15) is 10.1 Å². The molecule has 0 aliphatic carbocycles. The molecule has 2 aromatic heterocycles. The quantitative estimate of drug-likeness (QED) is 0.677. The first-order valence-corrected chi connectivity index (χ1v) is 7.03. The van der Waals surface area contributed by atoms with E-state index < -0.39 is 0 Å². The minimum absolute atomic E-state index is 0.439. The van der Waals surface area contributed by atoms with Gasteiger partial charge in [-0.05, 0) is 18.1 Å². The number of nitrogens with one attached hydrogen (secondary N) is 1. The van der Waals surface area contributed by atoms with E-state index in [-0.39, 0.29) is 0 Å². The molecule has 2 aromatic rings. The van der Waals surface area contributed by atoms with E-state index in [9.17, 15) is 0 Å². The van der Waals surface area contributed by atoms with Gasteiger partial charge in [-0.1, -0.05) is 6.92 Å². The zero-order valence-electron chi connectivity index (χ0n) is 12.0. The highest BCUT2D eigenvalue weighted by atomic mass is 16.5. The van der Waals surface area contributed by atoms with Gasteiger partial charge in [0.15, 0.2) is 5.82 Å². The molecule has 7 nitrogen and oxygen atoms in total. The maximum Gasteiger partial charge on any atom is 0.246 e. The number of pyridine rings is 1. The summed E-state index contributed by atoms with van der Waals surface area (Å²) < 4.78 is 5.40. The summed E-state index contributed by atoms with van der Waals surface area (Å²) >= 11 is 0. The van der Waals surface area contributed by atoms with E-state index in [1.165, 1.54) is 0 Å². The number of rotatable bonds is 4. The maximum absolute atomic E-state index is 5.40. The average molecular weight is 286 g/mol. The van der Waals surface area contributed by atoms with E-state index in [1.807, 2.05) is 12.3 Å². The van der Waals surface area contributed by atoms with Gasteiger partial charge in [-0.3, -0.25) is 4.98 Å². The number of morpholine rings is 1. The Labute approximate surface area is 123 Å². The van der Waals surface area contributed by atoms with E-state index >= 15 is 0 Å². The second-order valence-corrected chi connectivity index (χ2v) is 4.81. The van der Waals surface area contributed by atoms with Gasteiger partial charge in [0.2, 0.25) is 5.95 Å². The molecule has 21 heavy (non-hydrogen) atoms. The fraction of sp³-hybridized carbons (Fsp3) is 0.429.